The van der Waals surface area contributed by atoms with E-state index in [1.165, 1.54) is 11.0 Å². The Bertz CT molecular complexity index is 1150. The van der Waals surface area contributed by atoms with Crippen molar-refractivity contribution in [1.29, 1.82) is 0 Å². The third-order valence-electron chi connectivity index (χ3n) is 5.42. The van der Waals surface area contributed by atoms with Gasteiger partial charge in [0, 0.05) is 38.1 Å². The van der Waals surface area contributed by atoms with Gasteiger partial charge in [-0.15, -0.1) is 0 Å². The highest BCUT2D eigenvalue weighted by Crippen LogP contribution is 2.29. The molecule has 1 saturated heterocycles. The molecule has 2 N–H and O–H groups in total. The van der Waals surface area contributed by atoms with Crippen LogP contribution in [-0.4, -0.2) is 59.4 Å². The number of anilines is 1. The van der Waals surface area contributed by atoms with E-state index >= 15 is 0 Å². The van der Waals surface area contributed by atoms with Gasteiger partial charge in [-0.1, -0.05) is 24.3 Å². The molecule has 10 heteroatoms. The number of aromatic amines is 1. The Labute approximate surface area is 196 Å². The van der Waals surface area contributed by atoms with E-state index < -0.39 is 11.9 Å². The normalized spacial score (nSPS) is 15.6. The average molecular weight is 464 g/mol. The Morgan fingerprint density at radius 2 is 2.15 bits per heavy atom. The van der Waals surface area contributed by atoms with Crippen LogP contribution in [0.4, 0.5) is 14.9 Å². The second kappa shape index (κ2) is 10.7. The van der Waals surface area contributed by atoms with Gasteiger partial charge in [-0.2, -0.15) is 15.4 Å². The summed E-state index contributed by atoms with van der Waals surface area (Å²) in [7, 11) is 1.85. The van der Waals surface area contributed by atoms with Crippen LogP contribution >= 0.6 is 0 Å². The molecule has 2 heterocycles. The van der Waals surface area contributed by atoms with Crippen molar-refractivity contribution >= 4 is 18.5 Å². The molecule has 9 nitrogen and oxygen atoms in total. The fourth-order valence-electron chi connectivity index (χ4n) is 3.72. The van der Waals surface area contributed by atoms with E-state index in [9.17, 15) is 9.18 Å². The lowest BCUT2D eigenvalue weighted by Gasteiger charge is -2.17. The van der Waals surface area contributed by atoms with Gasteiger partial charge in [0.2, 0.25) is 0 Å². The molecule has 176 valence electrons. The van der Waals surface area contributed by atoms with E-state index in [2.05, 4.69) is 32.4 Å². The zero-order chi connectivity index (χ0) is 23.9. The van der Waals surface area contributed by atoms with Crippen LogP contribution in [0.25, 0.3) is 11.1 Å². The van der Waals surface area contributed by atoms with E-state index in [-0.39, 0.29) is 6.10 Å². The van der Waals surface area contributed by atoms with Crippen molar-refractivity contribution in [2.75, 3.05) is 25.0 Å². The molecule has 0 radical (unpaired) electrons. The molecule has 1 atom stereocenters. The van der Waals surface area contributed by atoms with Crippen molar-refractivity contribution < 1.29 is 13.9 Å². The topological polar surface area (TPSA) is 98.7 Å². The standard InChI is InChI=1S/C24H26FN7O2/c1-26-9-10-31(2)15-21-16-32(24(33)34-21)20-7-8-22(23(25)11-20)18-5-3-17(4-6-18)12-27-13-19-14-28-30-29-19/h3-11,14,21,27H,1,12-13,15-16H2,2H3,(H,28,29,30)/b10-9-. The molecule has 0 aliphatic carbocycles. The van der Waals surface area contributed by atoms with Gasteiger partial charge in [-0.3, -0.25) is 9.89 Å². The number of amides is 1. The van der Waals surface area contributed by atoms with Gasteiger partial charge in [0.1, 0.15) is 11.9 Å². The highest BCUT2D eigenvalue weighted by atomic mass is 19.1. The Morgan fingerprint density at radius 1 is 1.32 bits per heavy atom. The summed E-state index contributed by atoms with van der Waals surface area (Å²) in [5.74, 6) is -0.400. The number of nitrogens with one attached hydrogen (secondary N) is 2. The smallest absolute Gasteiger partial charge is 0.414 e. The molecular formula is C24H26FN7O2. The summed E-state index contributed by atoms with van der Waals surface area (Å²) in [6, 6.07) is 12.5. The zero-order valence-electron chi connectivity index (χ0n) is 18.8. The Balaban J connectivity index is 1.37. The van der Waals surface area contributed by atoms with Gasteiger partial charge in [0.25, 0.3) is 0 Å². The van der Waals surface area contributed by atoms with E-state index in [4.69, 9.17) is 4.74 Å². The number of hydrogen-bond acceptors (Lipinski definition) is 7. The van der Waals surface area contributed by atoms with Crippen molar-refractivity contribution in [2.24, 2.45) is 4.99 Å². The lowest BCUT2D eigenvalue weighted by molar-refractivity contribution is 0.127. The summed E-state index contributed by atoms with van der Waals surface area (Å²) in [5, 5.41) is 13.6. The lowest BCUT2D eigenvalue weighted by Crippen LogP contribution is -2.29. The first kappa shape index (κ1) is 23.1. The fourth-order valence-corrected chi connectivity index (χ4v) is 3.72. The number of hydrogen-bond donors (Lipinski definition) is 2. The molecule has 1 aromatic heterocycles. The summed E-state index contributed by atoms with van der Waals surface area (Å²) in [4.78, 5) is 19.3. The van der Waals surface area contributed by atoms with Gasteiger partial charge >= 0.3 is 6.09 Å². The van der Waals surface area contributed by atoms with Crippen molar-refractivity contribution in [3.8, 4) is 11.1 Å². The summed E-state index contributed by atoms with van der Waals surface area (Å²) in [6.07, 6.45) is 4.15. The minimum atomic E-state index is -0.487. The molecule has 34 heavy (non-hydrogen) atoms. The number of H-pyrrole nitrogens is 1. The van der Waals surface area contributed by atoms with Crippen LogP contribution < -0.4 is 10.2 Å². The van der Waals surface area contributed by atoms with Crippen molar-refractivity contribution in [3.63, 3.8) is 0 Å². The first-order chi connectivity index (χ1) is 16.5. The third-order valence-corrected chi connectivity index (χ3v) is 5.42. The number of carbonyl (C=O) groups is 1. The van der Waals surface area contributed by atoms with E-state index in [0.29, 0.717) is 37.4 Å². The molecular weight excluding hydrogens is 437 g/mol. The number of likely N-dealkylation sites (N-methyl/N-ethyl adjacent to an activating group) is 1. The monoisotopic (exact) mass is 463 g/mol. The minimum Gasteiger partial charge on any atom is -0.442 e. The summed E-state index contributed by atoms with van der Waals surface area (Å²) in [5.41, 5.74) is 3.60. The summed E-state index contributed by atoms with van der Waals surface area (Å²) in [6.45, 7) is 5.48. The summed E-state index contributed by atoms with van der Waals surface area (Å²) >= 11 is 0. The Morgan fingerprint density at radius 3 is 2.85 bits per heavy atom. The SMILES string of the molecule is C=N/C=C\N(C)CC1CN(c2ccc(-c3ccc(CNCc4cn[nH]n4)cc3)c(F)c2)C(=O)O1. The van der Waals surface area contributed by atoms with Crippen molar-refractivity contribution in [2.45, 2.75) is 19.2 Å². The Hall–Kier alpha value is -4.05. The van der Waals surface area contributed by atoms with Gasteiger partial charge in [0.15, 0.2) is 0 Å². The molecule has 4 rings (SSSR count). The van der Waals surface area contributed by atoms with Gasteiger partial charge in [-0.05, 0) is 36.0 Å². The number of nitrogens with zero attached hydrogens (tertiary/aromatic N) is 5. The molecule has 0 bridgehead atoms. The van der Waals surface area contributed by atoms with Crippen LogP contribution in [0.3, 0.4) is 0 Å². The average Bonchev–Trinajstić information content (AvgIpc) is 3.48. The molecule has 1 aliphatic heterocycles. The van der Waals surface area contributed by atoms with Crippen LogP contribution in [-0.2, 0) is 17.8 Å². The first-order valence-electron chi connectivity index (χ1n) is 10.8. The molecule has 0 spiro atoms. The quantitative estimate of drug-likeness (QED) is 0.448. The van der Waals surface area contributed by atoms with Gasteiger partial charge < -0.3 is 15.0 Å². The predicted molar refractivity (Wildman–Crippen MR) is 128 cm³/mol. The zero-order valence-corrected chi connectivity index (χ0v) is 18.8. The number of aliphatic imine (C=N–C) groups is 1. The maximum Gasteiger partial charge on any atom is 0.414 e. The maximum absolute atomic E-state index is 15.0. The molecule has 0 saturated carbocycles. The molecule has 2 aromatic carbocycles. The minimum absolute atomic E-state index is 0.333. The number of rotatable bonds is 10. The fraction of sp³-hybridized carbons (Fsp3) is 0.250. The predicted octanol–water partition coefficient (Wildman–Crippen LogP) is 3.33. The van der Waals surface area contributed by atoms with Gasteiger partial charge in [0.05, 0.1) is 30.7 Å². The second-order valence-electron chi connectivity index (χ2n) is 7.96. The van der Waals surface area contributed by atoms with E-state index in [1.54, 1.807) is 30.7 Å². The number of benzene rings is 2. The molecule has 1 fully saturated rings. The lowest BCUT2D eigenvalue weighted by atomic mass is 10.0. The largest absolute Gasteiger partial charge is 0.442 e. The number of aromatic nitrogens is 3. The third kappa shape index (κ3) is 5.65. The first-order valence-corrected chi connectivity index (χ1v) is 10.8. The van der Waals surface area contributed by atoms with Crippen molar-refractivity contribution in [1.82, 2.24) is 25.6 Å². The summed E-state index contributed by atoms with van der Waals surface area (Å²) < 4.78 is 20.4. The van der Waals surface area contributed by atoms with Crippen LogP contribution in [0.15, 0.2) is 66.1 Å². The number of carbonyl (C=O) groups excluding carboxylic acids is 1. The highest BCUT2D eigenvalue weighted by molar-refractivity contribution is 5.90. The number of cyclic esters (lactones) is 1. The number of halogens is 1. The molecule has 3 aromatic rings. The maximum atomic E-state index is 15.0. The number of ether oxygens (including phenoxy) is 1. The second-order valence-corrected chi connectivity index (χ2v) is 7.96. The molecule has 1 aliphatic rings. The van der Waals surface area contributed by atoms with Gasteiger partial charge in [-0.25, -0.2) is 9.18 Å². The molecule has 1 unspecified atom stereocenters. The molecule has 1 amide bonds. The highest BCUT2D eigenvalue weighted by Gasteiger charge is 2.33. The van der Waals surface area contributed by atoms with E-state index in [1.807, 2.05) is 36.2 Å². The van der Waals surface area contributed by atoms with Crippen molar-refractivity contribution in [3.05, 3.63) is 78.1 Å². The van der Waals surface area contributed by atoms with Crippen LogP contribution in [0, 0.1) is 5.82 Å². The van der Waals surface area contributed by atoms with E-state index in [0.717, 1.165) is 16.8 Å². The van der Waals surface area contributed by atoms with Crippen LogP contribution in [0.2, 0.25) is 0 Å². The Kier molecular flexibility index (Phi) is 7.28. The van der Waals surface area contributed by atoms with Crippen LogP contribution in [0.5, 0.6) is 0 Å². The van der Waals surface area contributed by atoms with Crippen LogP contribution in [0.1, 0.15) is 11.3 Å².